The van der Waals surface area contributed by atoms with Crippen LogP contribution in [0.1, 0.15) is 40.0 Å². The van der Waals surface area contributed by atoms with Gasteiger partial charge in [0.1, 0.15) is 0 Å². The Morgan fingerprint density at radius 1 is 1.33 bits per heavy atom. The van der Waals surface area contributed by atoms with E-state index in [0.717, 1.165) is 25.8 Å². The van der Waals surface area contributed by atoms with Gasteiger partial charge < -0.3 is 15.2 Å². The summed E-state index contributed by atoms with van der Waals surface area (Å²) in [6.45, 7) is 8.09. The molecule has 0 aliphatic carbocycles. The smallest absolute Gasteiger partial charge is 0.0689 e. The summed E-state index contributed by atoms with van der Waals surface area (Å²) in [5.74, 6) is 0.639. The Labute approximate surface area is 93.2 Å². The summed E-state index contributed by atoms with van der Waals surface area (Å²) in [7, 11) is 0. The lowest BCUT2D eigenvalue weighted by Crippen LogP contribution is -2.32. The third-order valence-corrected chi connectivity index (χ3v) is 2.79. The van der Waals surface area contributed by atoms with Crippen LogP contribution in [-0.2, 0) is 4.74 Å². The number of hydrogen-bond acceptors (Lipinski definition) is 3. The van der Waals surface area contributed by atoms with E-state index in [-0.39, 0.29) is 12.2 Å². The molecule has 0 aromatic carbocycles. The Morgan fingerprint density at radius 3 is 2.60 bits per heavy atom. The lowest BCUT2D eigenvalue weighted by atomic mass is 10.1. The topological polar surface area (TPSA) is 41.5 Å². The van der Waals surface area contributed by atoms with E-state index in [1.807, 2.05) is 0 Å². The molecule has 3 unspecified atom stereocenters. The fourth-order valence-corrected chi connectivity index (χ4v) is 1.98. The number of aliphatic hydroxyl groups excluding tert-OH is 1. The van der Waals surface area contributed by atoms with Crippen LogP contribution in [0.2, 0.25) is 0 Å². The Kier molecular flexibility index (Phi) is 5.58. The number of nitrogens with one attached hydrogen (secondary N) is 1. The van der Waals surface area contributed by atoms with Gasteiger partial charge >= 0.3 is 0 Å². The van der Waals surface area contributed by atoms with Crippen LogP contribution < -0.4 is 5.32 Å². The van der Waals surface area contributed by atoms with Crippen LogP contribution in [0.4, 0.5) is 0 Å². The lowest BCUT2D eigenvalue weighted by molar-refractivity contribution is 0.0199. The molecule has 0 radical (unpaired) electrons. The molecule has 3 atom stereocenters. The van der Waals surface area contributed by atoms with Crippen molar-refractivity contribution in [1.82, 2.24) is 5.32 Å². The molecule has 0 bridgehead atoms. The monoisotopic (exact) mass is 215 g/mol. The van der Waals surface area contributed by atoms with Crippen molar-refractivity contribution in [3.05, 3.63) is 0 Å². The molecule has 0 aromatic heterocycles. The van der Waals surface area contributed by atoms with Crippen LogP contribution in [-0.4, -0.2) is 36.5 Å². The molecule has 15 heavy (non-hydrogen) atoms. The molecular weight excluding hydrogens is 190 g/mol. The van der Waals surface area contributed by atoms with Crippen molar-refractivity contribution in [2.24, 2.45) is 5.92 Å². The highest BCUT2D eigenvalue weighted by Gasteiger charge is 2.23. The molecule has 1 rings (SSSR count). The van der Waals surface area contributed by atoms with Gasteiger partial charge in [-0.05, 0) is 32.2 Å². The summed E-state index contributed by atoms with van der Waals surface area (Å²) >= 11 is 0. The minimum absolute atomic E-state index is 0.265. The summed E-state index contributed by atoms with van der Waals surface area (Å²) < 4.78 is 5.67. The maximum absolute atomic E-state index is 9.77. The van der Waals surface area contributed by atoms with Crippen LogP contribution in [0.25, 0.3) is 0 Å². The van der Waals surface area contributed by atoms with Crippen molar-refractivity contribution in [3.8, 4) is 0 Å². The highest BCUT2D eigenvalue weighted by atomic mass is 16.5. The SMILES string of the molecule is CC(C)CNCC(O)CC1CCC(C)O1. The van der Waals surface area contributed by atoms with Crippen LogP contribution in [0.5, 0.6) is 0 Å². The van der Waals surface area contributed by atoms with E-state index in [2.05, 4.69) is 26.1 Å². The van der Waals surface area contributed by atoms with Gasteiger partial charge in [-0.1, -0.05) is 13.8 Å². The summed E-state index contributed by atoms with van der Waals surface area (Å²) in [6, 6.07) is 0. The van der Waals surface area contributed by atoms with Crippen molar-refractivity contribution in [3.63, 3.8) is 0 Å². The number of rotatable bonds is 6. The molecule has 2 N–H and O–H groups in total. The van der Waals surface area contributed by atoms with E-state index >= 15 is 0 Å². The molecule has 90 valence electrons. The van der Waals surface area contributed by atoms with Gasteiger partial charge in [-0.3, -0.25) is 0 Å². The fraction of sp³-hybridized carbons (Fsp3) is 1.00. The summed E-state index contributed by atoms with van der Waals surface area (Å²) in [6.07, 6.45) is 3.40. The van der Waals surface area contributed by atoms with Crippen molar-refractivity contribution in [2.75, 3.05) is 13.1 Å². The second-order valence-electron chi connectivity index (χ2n) is 5.09. The fourth-order valence-electron chi connectivity index (χ4n) is 1.98. The van der Waals surface area contributed by atoms with Gasteiger partial charge in [-0.2, -0.15) is 0 Å². The zero-order valence-electron chi connectivity index (χ0n) is 10.2. The van der Waals surface area contributed by atoms with Crippen LogP contribution >= 0.6 is 0 Å². The summed E-state index contributed by atoms with van der Waals surface area (Å²) in [5, 5.41) is 13.0. The van der Waals surface area contributed by atoms with Crippen molar-refractivity contribution < 1.29 is 9.84 Å². The minimum Gasteiger partial charge on any atom is -0.392 e. The van der Waals surface area contributed by atoms with Gasteiger partial charge in [0.15, 0.2) is 0 Å². The van der Waals surface area contributed by atoms with E-state index in [0.29, 0.717) is 18.6 Å². The third-order valence-electron chi connectivity index (χ3n) is 2.79. The van der Waals surface area contributed by atoms with Gasteiger partial charge in [-0.25, -0.2) is 0 Å². The second kappa shape index (κ2) is 6.46. The molecule has 3 heteroatoms. The largest absolute Gasteiger partial charge is 0.392 e. The predicted molar refractivity (Wildman–Crippen MR) is 61.9 cm³/mol. The molecule has 0 spiro atoms. The highest BCUT2D eigenvalue weighted by molar-refractivity contribution is 4.74. The van der Waals surface area contributed by atoms with Crippen LogP contribution in [0.3, 0.4) is 0 Å². The zero-order chi connectivity index (χ0) is 11.3. The molecule has 0 aromatic rings. The summed E-state index contributed by atoms with van der Waals surface area (Å²) in [5.41, 5.74) is 0. The van der Waals surface area contributed by atoms with Gasteiger partial charge in [-0.15, -0.1) is 0 Å². The van der Waals surface area contributed by atoms with Gasteiger partial charge in [0.05, 0.1) is 18.3 Å². The molecular formula is C12H25NO2. The van der Waals surface area contributed by atoms with Gasteiger partial charge in [0, 0.05) is 13.0 Å². The molecule has 1 aliphatic heterocycles. The first-order chi connectivity index (χ1) is 7.08. The molecule has 3 nitrogen and oxygen atoms in total. The van der Waals surface area contributed by atoms with Crippen LogP contribution in [0, 0.1) is 5.92 Å². The Morgan fingerprint density at radius 2 is 2.07 bits per heavy atom. The van der Waals surface area contributed by atoms with Crippen molar-refractivity contribution in [2.45, 2.75) is 58.3 Å². The molecule has 1 fully saturated rings. The first-order valence-electron chi connectivity index (χ1n) is 6.12. The molecule has 1 heterocycles. The average molecular weight is 215 g/mol. The quantitative estimate of drug-likeness (QED) is 0.706. The standard InChI is InChI=1S/C12H25NO2/c1-9(2)7-13-8-11(14)6-12-5-4-10(3)15-12/h9-14H,4-8H2,1-3H3. The Hall–Kier alpha value is -0.120. The first kappa shape index (κ1) is 12.9. The molecule has 1 saturated heterocycles. The molecule has 0 amide bonds. The molecule has 0 saturated carbocycles. The Balaban J connectivity index is 2.05. The van der Waals surface area contributed by atoms with Crippen molar-refractivity contribution >= 4 is 0 Å². The summed E-state index contributed by atoms with van der Waals surface area (Å²) in [4.78, 5) is 0. The maximum atomic E-state index is 9.77. The molecule has 1 aliphatic rings. The number of aliphatic hydroxyl groups is 1. The van der Waals surface area contributed by atoms with E-state index < -0.39 is 0 Å². The van der Waals surface area contributed by atoms with Gasteiger partial charge in [0.2, 0.25) is 0 Å². The third kappa shape index (κ3) is 5.50. The van der Waals surface area contributed by atoms with E-state index in [1.165, 1.54) is 0 Å². The van der Waals surface area contributed by atoms with Crippen molar-refractivity contribution in [1.29, 1.82) is 0 Å². The first-order valence-corrected chi connectivity index (χ1v) is 6.12. The van der Waals surface area contributed by atoms with Gasteiger partial charge in [0.25, 0.3) is 0 Å². The second-order valence-corrected chi connectivity index (χ2v) is 5.09. The maximum Gasteiger partial charge on any atom is 0.0689 e. The lowest BCUT2D eigenvalue weighted by Gasteiger charge is -2.17. The Bertz CT molecular complexity index is 173. The van der Waals surface area contributed by atoms with E-state index in [1.54, 1.807) is 0 Å². The average Bonchev–Trinajstić information content (AvgIpc) is 2.50. The zero-order valence-corrected chi connectivity index (χ0v) is 10.2. The number of ether oxygens (including phenoxy) is 1. The number of hydrogen-bond donors (Lipinski definition) is 2. The highest BCUT2D eigenvalue weighted by Crippen LogP contribution is 2.22. The normalized spacial score (nSPS) is 28.6. The minimum atomic E-state index is -0.265. The predicted octanol–water partition coefficient (Wildman–Crippen LogP) is 1.55. The van der Waals surface area contributed by atoms with E-state index in [4.69, 9.17) is 4.74 Å². The van der Waals surface area contributed by atoms with E-state index in [9.17, 15) is 5.11 Å². The van der Waals surface area contributed by atoms with Crippen LogP contribution in [0.15, 0.2) is 0 Å².